The summed E-state index contributed by atoms with van der Waals surface area (Å²) in [7, 11) is 0. The first-order valence-electron chi connectivity index (χ1n) is 6.76. The quantitative estimate of drug-likeness (QED) is 0.649. The molecule has 0 amide bonds. The molecular weight excluding hydrogens is 296 g/mol. The van der Waals surface area contributed by atoms with Gasteiger partial charge in [-0.25, -0.2) is 9.48 Å². The fourth-order valence-electron chi connectivity index (χ4n) is 2.49. The molecule has 1 saturated heterocycles. The van der Waals surface area contributed by atoms with Gasteiger partial charge >= 0.3 is 11.7 Å². The van der Waals surface area contributed by atoms with Crippen molar-refractivity contribution in [2.45, 2.75) is 32.9 Å². The van der Waals surface area contributed by atoms with Crippen molar-refractivity contribution in [3.63, 3.8) is 0 Å². The van der Waals surface area contributed by atoms with E-state index in [-0.39, 0.29) is 5.69 Å². The molecule has 1 N–H and O–H groups in total. The van der Waals surface area contributed by atoms with Crippen LogP contribution >= 0.6 is 11.8 Å². The molecule has 0 saturated carbocycles. The number of anilines is 1. The van der Waals surface area contributed by atoms with Gasteiger partial charge in [0.2, 0.25) is 5.82 Å². The molecule has 0 bridgehead atoms. The molecule has 0 aromatic carbocycles. The third kappa shape index (κ3) is 2.97. The van der Waals surface area contributed by atoms with Crippen molar-refractivity contribution in [3.8, 4) is 0 Å². The monoisotopic (exact) mass is 314 g/mol. The standard InChI is InChI=1S/C12H18N4O4S/c1-3-4-15-11(10(16(19)20)8(2)13-15)14-5-6-21-7-9(14)12(17)18/h9H,3-7H2,1-2H3,(H,17,18). The van der Waals surface area contributed by atoms with E-state index in [1.54, 1.807) is 28.3 Å². The first-order valence-corrected chi connectivity index (χ1v) is 7.91. The minimum Gasteiger partial charge on any atom is -0.480 e. The maximum atomic E-state index is 11.4. The van der Waals surface area contributed by atoms with Crippen LogP contribution in [0.1, 0.15) is 19.0 Å². The summed E-state index contributed by atoms with van der Waals surface area (Å²) in [4.78, 5) is 23.9. The lowest BCUT2D eigenvalue weighted by molar-refractivity contribution is -0.384. The van der Waals surface area contributed by atoms with Crippen LogP contribution in [0.5, 0.6) is 0 Å². The minimum absolute atomic E-state index is 0.0819. The fourth-order valence-corrected chi connectivity index (χ4v) is 3.53. The van der Waals surface area contributed by atoms with Gasteiger partial charge in [-0.2, -0.15) is 16.9 Å². The minimum atomic E-state index is -0.960. The summed E-state index contributed by atoms with van der Waals surface area (Å²) in [5, 5.41) is 24.9. The van der Waals surface area contributed by atoms with Crippen molar-refractivity contribution in [1.82, 2.24) is 9.78 Å². The highest BCUT2D eigenvalue weighted by Gasteiger charge is 2.37. The Morgan fingerprint density at radius 3 is 2.90 bits per heavy atom. The predicted octanol–water partition coefficient (Wildman–Crippen LogP) is 1.52. The van der Waals surface area contributed by atoms with Gasteiger partial charge in [-0.3, -0.25) is 10.1 Å². The molecule has 0 radical (unpaired) electrons. The van der Waals surface area contributed by atoms with Gasteiger partial charge < -0.3 is 10.0 Å². The average molecular weight is 314 g/mol. The molecule has 1 aromatic heterocycles. The van der Waals surface area contributed by atoms with Crippen LogP contribution < -0.4 is 4.90 Å². The number of thioether (sulfide) groups is 1. The van der Waals surface area contributed by atoms with Crippen LogP contribution in [0.15, 0.2) is 0 Å². The topological polar surface area (TPSA) is 101 Å². The largest absolute Gasteiger partial charge is 0.480 e. The van der Waals surface area contributed by atoms with E-state index in [1.165, 1.54) is 0 Å². The van der Waals surface area contributed by atoms with Gasteiger partial charge in [0.05, 0.1) is 4.92 Å². The normalized spacial score (nSPS) is 18.8. The van der Waals surface area contributed by atoms with Crippen molar-refractivity contribution in [3.05, 3.63) is 15.8 Å². The lowest BCUT2D eigenvalue weighted by atomic mass is 10.2. The van der Waals surface area contributed by atoms with Crippen LogP contribution in [0.4, 0.5) is 11.5 Å². The van der Waals surface area contributed by atoms with Gasteiger partial charge in [0.15, 0.2) is 0 Å². The molecule has 0 aliphatic carbocycles. The lowest BCUT2D eigenvalue weighted by Crippen LogP contribution is -2.48. The Morgan fingerprint density at radius 1 is 1.62 bits per heavy atom. The van der Waals surface area contributed by atoms with E-state index in [0.29, 0.717) is 30.4 Å². The Labute approximate surface area is 126 Å². The number of hydrogen-bond donors (Lipinski definition) is 1. The zero-order valence-corrected chi connectivity index (χ0v) is 12.8. The molecule has 1 aromatic rings. The third-order valence-electron chi connectivity index (χ3n) is 3.37. The molecule has 21 heavy (non-hydrogen) atoms. The molecule has 1 aliphatic rings. The van der Waals surface area contributed by atoms with Gasteiger partial charge in [0, 0.05) is 24.6 Å². The first kappa shape index (κ1) is 15.6. The Kier molecular flexibility index (Phi) is 4.71. The van der Waals surface area contributed by atoms with E-state index in [0.717, 1.165) is 12.2 Å². The van der Waals surface area contributed by atoms with Crippen LogP contribution in [0.3, 0.4) is 0 Å². The molecule has 1 unspecified atom stereocenters. The number of nitrogens with zero attached hydrogens (tertiary/aromatic N) is 4. The van der Waals surface area contributed by atoms with Crippen LogP contribution in [0.2, 0.25) is 0 Å². The second-order valence-corrected chi connectivity index (χ2v) is 6.01. The van der Waals surface area contributed by atoms with Gasteiger partial charge in [-0.1, -0.05) is 6.92 Å². The molecule has 1 aliphatic heterocycles. The molecule has 2 heterocycles. The summed E-state index contributed by atoms with van der Waals surface area (Å²) in [6, 6.07) is -0.755. The highest BCUT2D eigenvalue weighted by Crippen LogP contribution is 2.35. The Bertz CT molecular complexity index is 560. The molecular formula is C12H18N4O4S. The van der Waals surface area contributed by atoms with Crippen molar-refractivity contribution >= 4 is 29.2 Å². The molecule has 1 atom stereocenters. The van der Waals surface area contributed by atoms with Crippen molar-refractivity contribution in [2.75, 3.05) is 23.0 Å². The summed E-state index contributed by atoms with van der Waals surface area (Å²) in [5.41, 5.74) is 0.243. The van der Waals surface area contributed by atoms with E-state index in [9.17, 15) is 20.0 Å². The molecule has 116 valence electrons. The smallest absolute Gasteiger partial charge is 0.333 e. The first-order chi connectivity index (χ1) is 9.97. The predicted molar refractivity (Wildman–Crippen MR) is 80.0 cm³/mol. The van der Waals surface area contributed by atoms with Crippen LogP contribution in [-0.4, -0.2) is 49.9 Å². The van der Waals surface area contributed by atoms with Gasteiger partial charge in [0.25, 0.3) is 0 Å². The number of aromatic nitrogens is 2. The van der Waals surface area contributed by atoms with E-state index in [1.807, 2.05) is 6.92 Å². The van der Waals surface area contributed by atoms with E-state index >= 15 is 0 Å². The van der Waals surface area contributed by atoms with E-state index < -0.39 is 16.9 Å². The highest BCUT2D eigenvalue weighted by atomic mass is 32.2. The van der Waals surface area contributed by atoms with Crippen molar-refractivity contribution in [1.29, 1.82) is 0 Å². The zero-order chi connectivity index (χ0) is 15.6. The molecule has 1 fully saturated rings. The number of carbonyl (C=O) groups is 1. The highest BCUT2D eigenvalue weighted by molar-refractivity contribution is 7.99. The maximum Gasteiger partial charge on any atom is 0.333 e. The van der Waals surface area contributed by atoms with Gasteiger partial charge in [-0.05, 0) is 13.3 Å². The maximum absolute atomic E-state index is 11.4. The molecule has 0 spiro atoms. The van der Waals surface area contributed by atoms with Crippen molar-refractivity contribution < 1.29 is 14.8 Å². The second-order valence-electron chi connectivity index (χ2n) is 4.86. The number of aryl methyl sites for hydroxylation is 2. The SMILES string of the molecule is CCCn1nc(C)c([N+](=O)[O-])c1N1CCSCC1C(=O)O. The molecule has 9 heteroatoms. The summed E-state index contributed by atoms with van der Waals surface area (Å²) in [6.07, 6.45) is 0.769. The molecule has 8 nitrogen and oxygen atoms in total. The Hall–Kier alpha value is -1.77. The number of nitro groups is 1. The van der Waals surface area contributed by atoms with E-state index in [4.69, 9.17) is 0 Å². The number of rotatable bonds is 5. The van der Waals surface area contributed by atoms with Crippen molar-refractivity contribution in [2.24, 2.45) is 0 Å². The Morgan fingerprint density at radius 2 is 2.33 bits per heavy atom. The fraction of sp³-hybridized carbons (Fsp3) is 0.667. The van der Waals surface area contributed by atoms with Crippen LogP contribution in [0.25, 0.3) is 0 Å². The summed E-state index contributed by atoms with van der Waals surface area (Å²) >= 11 is 1.55. The summed E-state index contributed by atoms with van der Waals surface area (Å²) < 4.78 is 1.57. The van der Waals surface area contributed by atoms with Crippen LogP contribution in [-0.2, 0) is 11.3 Å². The van der Waals surface area contributed by atoms with Crippen LogP contribution in [0, 0.1) is 17.0 Å². The number of carboxylic acids is 1. The van der Waals surface area contributed by atoms with E-state index in [2.05, 4.69) is 5.10 Å². The summed E-state index contributed by atoms with van der Waals surface area (Å²) in [5.74, 6) is 0.533. The Balaban J connectivity index is 2.53. The third-order valence-corrected chi connectivity index (χ3v) is 4.40. The summed E-state index contributed by atoms with van der Waals surface area (Å²) in [6.45, 7) is 4.53. The second kappa shape index (κ2) is 6.33. The van der Waals surface area contributed by atoms with Gasteiger partial charge in [-0.15, -0.1) is 0 Å². The number of hydrogen-bond acceptors (Lipinski definition) is 6. The molecule has 2 rings (SSSR count). The lowest BCUT2D eigenvalue weighted by Gasteiger charge is -2.33. The zero-order valence-electron chi connectivity index (χ0n) is 12.0. The average Bonchev–Trinajstić information content (AvgIpc) is 2.75. The number of carboxylic acid groups (broad SMARTS) is 1. The van der Waals surface area contributed by atoms with Gasteiger partial charge in [0.1, 0.15) is 11.7 Å². The number of aliphatic carboxylic acids is 1.